The molecule has 0 amide bonds. The van der Waals surface area contributed by atoms with Gasteiger partial charge in [0.25, 0.3) is 0 Å². The summed E-state index contributed by atoms with van der Waals surface area (Å²) in [6.07, 6.45) is 4.38. The van der Waals surface area contributed by atoms with Gasteiger partial charge in [-0.05, 0) is 36.1 Å². The molecule has 0 aromatic heterocycles. The van der Waals surface area contributed by atoms with Gasteiger partial charge in [-0.3, -0.25) is 0 Å². The molecule has 0 atom stereocenters. The van der Waals surface area contributed by atoms with Gasteiger partial charge in [0.2, 0.25) is 6.79 Å². The van der Waals surface area contributed by atoms with Crippen LogP contribution in [0.2, 0.25) is 0 Å². The van der Waals surface area contributed by atoms with Crippen LogP contribution in [0.4, 0.5) is 0 Å². The van der Waals surface area contributed by atoms with Crippen LogP contribution in [-0.4, -0.2) is 77.6 Å². The minimum atomic E-state index is 0. The Morgan fingerprint density at radius 3 is 2.04 bits per heavy atom. The molecule has 140 valence electrons. The van der Waals surface area contributed by atoms with Crippen LogP contribution < -0.4 is 9.47 Å². The molecular formula is C19H32CaO5. The van der Waals surface area contributed by atoms with E-state index in [9.17, 15) is 0 Å². The van der Waals surface area contributed by atoms with Gasteiger partial charge in [0, 0.05) is 6.61 Å². The van der Waals surface area contributed by atoms with Gasteiger partial charge in [0.1, 0.15) is 0 Å². The standard InChI is InChI=1S/C19H30O5.Ca.2H/c1-3-5-7-20-8-9-21-10-11-22-14-17-13-19-18(23-15-24-19)12-16(17)6-4-2;;;/h12-13H,3-11,14-15H2,1-2H3;;;. The fourth-order valence-electron chi connectivity index (χ4n) is 2.53. The summed E-state index contributed by atoms with van der Waals surface area (Å²) in [5.41, 5.74) is 2.44. The van der Waals surface area contributed by atoms with Crippen molar-refractivity contribution < 1.29 is 23.7 Å². The van der Waals surface area contributed by atoms with Crippen LogP contribution >= 0.6 is 0 Å². The molecule has 0 aliphatic carbocycles. The number of ether oxygens (including phenoxy) is 5. The zero-order valence-corrected chi connectivity index (χ0v) is 15.0. The Bertz CT molecular complexity index is 481. The summed E-state index contributed by atoms with van der Waals surface area (Å²) in [5.74, 6) is 1.66. The number of hydrogen-bond donors (Lipinski definition) is 0. The number of aryl methyl sites for hydroxylation is 1. The molecule has 1 aliphatic rings. The van der Waals surface area contributed by atoms with E-state index in [-0.39, 0.29) is 37.7 Å². The SMILES string of the molecule is CCCCOCCOCCOCc1cc2c(cc1CCC)OCO2.[CaH2]. The van der Waals surface area contributed by atoms with Crippen LogP contribution in [0.15, 0.2) is 12.1 Å². The molecule has 0 radical (unpaired) electrons. The molecule has 0 saturated carbocycles. The van der Waals surface area contributed by atoms with Gasteiger partial charge in [-0.25, -0.2) is 0 Å². The number of unbranched alkanes of at least 4 members (excludes halogenated alkanes) is 1. The van der Waals surface area contributed by atoms with Crippen LogP contribution in [0.1, 0.15) is 44.2 Å². The van der Waals surface area contributed by atoms with Crippen molar-refractivity contribution >= 4 is 37.7 Å². The van der Waals surface area contributed by atoms with Crippen LogP contribution in [0.5, 0.6) is 11.5 Å². The van der Waals surface area contributed by atoms with Gasteiger partial charge in [-0.15, -0.1) is 0 Å². The van der Waals surface area contributed by atoms with E-state index in [1.54, 1.807) is 0 Å². The van der Waals surface area contributed by atoms with Gasteiger partial charge in [0.15, 0.2) is 11.5 Å². The van der Waals surface area contributed by atoms with Crippen molar-refractivity contribution in [3.05, 3.63) is 23.3 Å². The van der Waals surface area contributed by atoms with E-state index in [4.69, 9.17) is 23.7 Å². The Kier molecular flexibility index (Phi) is 12.9. The van der Waals surface area contributed by atoms with Crippen molar-refractivity contribution in [2.24, 2.45) is 0 Å². The Hall–Kier alpha value is -0.0403. The summed E-state index contributed by atoms with van der Waals surface area (Å²) in [4.78, 5) is 0. The van der Waals surface area contributed by atoms with E-state index in [1.165, 1.54) is 11.1 Å². The first-order valence-electron chi connectivity index (χ1n) is 8.99. The fourth-order valence-corrected chi connectivity index (χ4v) is 2.53. The average molecular weight is 381 g/mol. The summed E-state index contributed by atoms with van der Waals surface area (Å²) in [6, 6.07) is 4.12. The minimum absolute atomic E-state index is 0. The molecule has 1 aliphatic heterocycles. The number of fused-ring (bicyclic) bond motifs is 1. The van der Waals surface area contributed by atoms with E-state index >= 15 is 0 Å². The molecule has 1 heterocycles. The fraction of sp³-hybridized carbons (Fsp3) is 0.684. The summed E-state index contributed by atoms with van der Waals surface area (Å²) in [6.45, 7) is 8.47. The second kappa shape index (κ2) is 14.1. The topological polar surface area (TPSA) is 46.2 Å². The molecule has 0 bridgehead atoms. The monoisotopic (exact) mass is 380 g/mol. The average Bonchev–Trinajstić information content (AvgIpc) is 3.04. The molecule has 1 aromatic rings. The van der Waals surface area contributed by atoms with E-state index < -0.39 is 0 Å². The van der Waals surface area contributed by atoms with Gasteiger partial charge >= 0.3 is 37.7 Å². The third-order valence-corrected chi connectivity index (χ3v) is 3.86. The summed E-state index contributed by atoms with van der Waals surface area (Å²) < 4.78 is 27.6. The summed E-state index contributed by atoms with van der Waals surface area (Å²) in [7, 11) is 0. The maximum atomic E-state index is 5.75. The normalized spacial score (nSPS) is 12.2. The first-order chi connectivity index (χ1) is 11.8. The van der Waals surface area contributed by atoms with E-state index in [1.807, 2.05) is 6.07 Å². The maximum absolute atomic E-state index is 5.75. The molecule has 1 aromatic carbocycles. The van der Waals surface area contributed by atoms with E-state index in [0.29, 0.717) is 39.8 Å². The van der Waals surface area contributed by atoms with Crippen molar-refractivity contribution in [3.63, 3.8) is 0 Å². The van der Waals surface area contributed by atoms with Crippen LogP contribution in [-0.2, 0) is 27.2 Å². The zero-order chi connectivity index (χ0) is 17.0. The number of benzene rings is 1. The zero-order valence-electron chi connectivity index (χ0n) is 15.0. The quantitative estimate of drug-likeness (QED) is 0.389. The van der Waals surface area contributed by atoms with E-state index in [2.05, 4.69) is 19.9 Å². The molecule has 25 heavy (non-hydrogen) atoms. The molecule has 0 unspecified atom stereocenters. The molecule has 2 rings (SSSR count). The molecular weight excluding hydrogens is 348 g/mol. The van der Waals surface area contributed by atoms with Crippen molar-refractivity contribution in [2.75, 3.05) is 39.8 Å². The van der Waals surface area contributed by atoms with Crippen LogP contribution in [0, 0.1) is 0 Å². The first kappa shape index (κ1) is 23.0. The molecule has 0 fully saturated rings. The van der Waals surface area contributed by atoms with Gasteiger partial charge < -0.3 is 23.7 Å². The predicted octanol–water partition coefficient (Wildman–Crippen LogP) is 2.80. The molecule has 0 spiro atoms. The Morgan fingerprint density at radius 2 is 1.40 bits per heavy atom. The second-order valence-electron chi connectivity index (χ2n) is 5.86. The van der Waals surface area contributed by atoms with Gasteiger partial charge in [-0.2, -0.15) is 0 Å². The Morgan fingerprint density at radius 1 is 0.800 bits per heavy atom. The van der Waals surface area contributed by atoms with Gasteiger partial charge in [-0.1, -0.05) is 26.7 Å². The summed E-state index contributed by atoms with van der Waals surface area (Å²) >= 11 is 0. The van der Waals surface area contributed by atoms with Crippen LogP contribution in [0.25, 0.3) is 0 Å². The van der Waals surface area contributed by atoms with Crippen molar-refractivity contribution in [3.8, 4) is 11.5 Å². The van der Waals surface area contributed by atoms with Crippen molar-refractivity contribution in [1.82, 2.24) is 0 Å². The van der Waals surface area contributed by atoms with Crippen LogP contribution in [0.3, 0.4) is 0 Å². The van der Waals surface area contributed by atoms with Gasteiger partial charge in [0.05, 0.1) is 33.0 Å². The molecule has 5 nitrogen and oxygen atoms in total. The first-order valence-corrected chi connectivity index (χ1v) is 8.99. The van der Waals surface area contributed by atoms with Crippen molar-refractivity contribution in [2.45, 2.75) is 46.1 Å². The molecule has 0 N–H and O–H groups in total. The predicted molar refractivity (Wildman–Crippen MR) is 101 cm³/mol. The summed E-state index contributed by atoms with van der Waals surface area (Å²) in [5, 5.41) is 0. The molecule has 0 saturated heterocycles. The van der Waals surface area contributed by atoms with E-state index in [0.717, 1.165) is 43.8 Å². The Balaban J connectivity index is 0.00000312. The third kappa shape index (κ3) is 8.46. The van der Waals surface area contributed by atoms with Crippen molar-refractivity contribution in [1.29, 1.82) is 0 Å². The number of rotatable bonds is 13. The second-order valence-corrected chi connectivity index (χ2v) is 5.86. The number of hydrogen-bond acceptors (Lipinski definition) is 5. The Labute approximate surface area is 181 Å². The molecule has 6 heteroatoms. The third-order valence-electron chi connectivity index (χ3n) is 3.86.